The molecule has 4 rings (SSSR count). The van der Waals surface area contributed by atoms with E-state index in [0.29, 0.717) is 4.88 Å². The van der Waals surface area contributed by atoms with E-state index in [1.807, 2.05) is 62.4 Å². The first-order chi connectivity index (χ1) is 15.1. The fraction of sp³-hybridized carbons (Fsp3) is 0.208. The van der Waals surface area contributed by atoms with E-state index in [-0.39, 0.29) is 12.5 Å². The summed E-state index contributed by atoms with van der Waals surface area (Å²) in [5, 5.41) is 3.78. The fourth-order valence-electron chi connectivity index (χ4n) is 3.32. The lowest BCUT2D eigenvalue weighted by molar-refractivity contribution is -0.119. The number of aryl methyl sites for hydroxylation is 2. The Morgan fingerprint density at radius 1 is 0.935 bits per heavy atom. The average Bonchev–Trinajstić information content (AvgIpc) is 3.44. The number of amides is 1. The highest BCUT2D eigenvalue weighted by molar-refractivity contribution is 7.26. The van der Waals surface area contributed by atoms with E-state index in [4.69, 9.17) is 4.74 Å². The zero-order chi connectivity index (χ0) is 21.8. The van der Waals surface area contributed by atoms with Gasteiger partial charge in [-0.2, -0.15) is 0 Å². The number of rotatable bonds is 7. The Labute approximate surface area is 188 Å². The summed E-state index contributed by atoms with van der Waals surface area (Å²) in [5.41, 5.74) is 3.90. The molecular weight excluding hydrogens is 428 g/mol. The first-order valence-corrected chi connectivity index (χ1v) is 11.8. The molecule has 0 spiro atoms. The number of hydrogen-bond acceptors (Lipinski definition) is 6. The lowest BCUT2D eigenvalue weighted by atomic mass is 10.0. The molecule has 0 saturated heterocycles. The predicted octanol–water partition coefficient (Wildman–Crippen LogP) is 5.95. The van der Waals surface area contributed by atoms with Crippen LogP contribution in [0.25, 0.3) is 20.1 Å². The number of nitrogens with zero attached hydrogens (tertiary/aromatic N) is 1. The Kier molecular flexibility index (Phi) is 6.44. The van der Waals surface area contributed by atoms with Crippen LogP contribution in [0.3, 0.4) is 0 Å². The summed E-state index contributed by atoms with van der Waals surface area (Å²) in [7, 11) is 0. The van der Waals surface area contributed by atoms with Gasteiger partial charge < -0.3 is 10.1 Å². The quantitative estimate of drug-likeness (QED) is 0.354. The zero-order valence-electron chi connectivity index (χ0n) is 17.3. The third kappa shape index (κ3) is 4.68. The van der Waals surface area contributed by atoms with Crippen LogP contribution in [-0.2, 0) is 22.4 Å². The molecule has 4 aromatic rings. The number of carbonyl (C=O) groups is 2. The summed E-state index contributed by atoms with van der Waals surface area (Å²) in [4.78, 5) is 30.8. The van der Waals surface area contributed by atoms with Gasteiger partial charge in [-0.25, -0.2) is 9.78 Å². The third-order valence-corrected chi connectivity index (χ3v) is 7.18. The van der Waals surface area contributed by atoms with Gasteiger partial charge in [0.25, 0.3) is 5.91 Å². The maximum absolute atomic E-state index is 12.5. The molecule has 1 amide bonds. The van der Waals surface area contributed by atoms with Crippen molar-refractivity contribution in [3.63, 3.8) is 0 Å². The lowest BCUT2D eigenvalue weighted by Gasteiger charge is -2.14. The molecule has 0 aliphatic rings. The molecule has 5 nitrogen and oxygen atoms in total. The van der Waals surface area contributed by atoms with Gasteiger partial charge in [-0.15, -0.1) is 22.7 Å². The number of benzene rings is 2. The van der Waals surface area contributed by atoms with Crippen LogP contribution in [0, 0.1) is 0 Å². The Morgan fingerprint density at radius 3 is 2.39 bits per heavy atom. The summed E-state index contributed by atoms with van der Waals surface area (Å²) in [6.45, 7) is 3.77. The van der Waals surface area contributed by atoms with Crippen molar-refractivity contribution in [2.24, 2.45) is 0 Å². The van der Waals surface area contributed by atoms with Gasteiger partial charge in [-0.05, 0) is 48.2 Å². The van der Waals surface area contributed by atoms with Crippen LogP contribution in [0.4, 0.5) is 5.69 Å². The molecule has 0 saturated carbocycles. The largest absolute Gasteiger partial charge is 0.451 e. The van der Waals surface area contributed by atoms with Crippen molar-refractivity contribution < 1.29 is 14.3 Å². The van der Waals surface area contributed by atoms with Gasteiger partial charge in [-0.1, -0.05) is 44.2 Å². The van der Waals surface area contributed by atoms with Gasteiger partial charge in [0.2, 0.25) is 0 Å². The second-order valence-corrected chi connectivity index (χ2v) is 9.05. The highest BCUT2D eigenvalue weighted by Gasteiger charge is 2.16. The van der Waals surface area contributed by atoms with E-state index in [9.17, 15) is 9.59 Å². The number of hydrogen-bond donors (Lipinski definition) is 1. The maximum Gasteiger partial charge on any atom is 0.348 e. The first-order valence-electron chi connectivity index (χ1n) is 10.1. The molecule has 7 heteroatoms. The van der Waals surface area contributed by atoms with Gasteiger partial charge in [0.15, 0.2) is 6.61 Å². The third-order valence-electron chi connectivity index (χ3n) is 4.91. The molecule has 2 heterocycles. The van der Waals surface area contributed by atoms with Crippen LogP contribution in [0.2, 0.25) is 0 Å². The van der Waals surface area contributed by atoms with Crippen molar-refractivity contribution >= 4 is 50.5 Å². The number of anilines is 1. The number of thiazole rings is 1. The molecule has 0 atom stereocenters. The zero-order valence-corrected chi connectivity index (χ0v) is 18.9. The topological polar surface area (TPSA) is 68.3 Å². The smallest absolute Gasteiger partial charge is 0.348 e. The Morgan fingerprint density at radius 2 is 1.68 bits per heavy atom. The van der Waals surface area contributed by atoms with Crippen molar-refractivity contribution in [2.75, 3.05) is 11.9 Å². The van der Waals surface area contributed by atoms with E-state index >= 15 is 0 Å². The van der Waals surface area contributed by atoms with Crippen molar-refractivity contribution in [1.29, 1.82) is 0 Å². The van der Waals surface area contributed by atoms with Gasteiger partial charge in [0.1, 0.15) is 9.88 Å². The summed E-state index contributed by atoms with van der Waals surface area (Å²) < 4.78 is 6.36. The van der Waals surface area contributed by atoms with E-state index in [1.54, 1.807) is 17.4 Å². The minimum Gasteiger partial charge on any atom is -0.451 e. The minimum absolute atomic E-state index is 0.325. The van der Waals surface area contributed by atoms with Crippen LogP contribution < -0.4 is 5.32 Å². The maximum atomic E-state index is 12.5. The number of nitrogens with one attached hydrogen (secondary N) is 1. The fourth-order valence-corrected chi connectivity index (χ4v) is 5.24. The standard InChI is InChI=1S/C24H22N2O3S2/c1-3-15-8-7-9-16(4-2)22(15)26-21(27)14-29-24(28)20-13-12-19(30-20)23-25-17-10-5-6-11-18(17)31-23/h5-13H,3-4,14H2,1-2H3,(H,26,27). The van der Waals surface area contributed by atoms with Gasteiger partial charge in [-0.3, -0.25) is 4.79 Å². The van der Waals surface area contributed by atoms with Gasteiger partial charge in [0.05, 0.1) is 15.1 Å². The van der Waals surface area contributed by atoms with Crippen LogP contribution >= 0.6 is 22.7 Å². The van der Waals surface area contributed by atoms with Crippen LogP contribution in [-0.4, -0.2) is 23.5 Å². The Hall–Kier alpha value is -3.03. The van der Waals surface area contributed by atoms with E-state index in [1.165, 1.54) is 11.3 Å². The normalized spacial score (nSPS) is 10.9. The number of esters is 1. The molecule has 2 aromatic heterocycles. The van der Waals surface area contributed by atoms with E-state index in [2.05, 4.69) is 10.3 Å². The van der Waals surface area contributed by atoms with Crippen molar-refractivity contribution in [1.82, 2.24) is 4.98 Å². The number of ether oxygens (including phenoxy) is 1. The molecule has 0 aliphatic carbocycles. The molecule has 0 unspecified atom stereocenters. The molecule has 158 valence electrons. The summed E-state index contributed by atoms with van der Waals surface area (Å²) in [6, 6.07) is 17.5. The number of para-hydroxylation sites is 2. The van der Waals surface area contributed by atoms with Gasteiger partial charge >= 0.3 is 5.97 Å². The summed E-state index contributed by atoms with van der Waals surface area (Å²) in [5.74, 6) is -0.848. The number of aromatic nitrogens is 1. The monoisotopic (exact) mass is 450 g/mol. The highest BCUT2D eigenvalue weighted by Crippen LogP contribution is 2.34. The second-order valence-electron chi connectivity index (χ2n) is 6.93. The van der Waals surface area contributed by atoms with Crippen molar-refractivity contribution in [3.8, 4) is 9.88 Å². The minimum atomic E-state index is -0.507. The Balaban J connectivity index is 1.40. The molecule has 0 fully saturated rings. The second kappa shape index (κ2) is 9.41. The van der Waals surface area contributed by atoms with E-state index < -0.39 is 5.97 Å². The van der Waals surface area contributed by atoms with Gasteiger partial charge in [0, 0.05) is 5.69 Å². The molecule has 1 N–H and O–H groups in total. The number of thiophene rings is 1. The van der Waals surface area contributed by atoms with Crippen molar-refractivity contribution in [3.05, 3.63) is 70.6 Å². The lowest BCUT2D eigenvalue weighted by Crippen LogP contribution is -2.22. The summed E-state index contributed by atoms with van der Waals surface area (Å²) >= 11 is 2.90. The Bertz CT molecular complexity index is 1190. The number of fused-ring (bicyclic) bond motifs is 1. The predicted molar refractivity (Wildman–Crippen MR) is 127 cm³/mol. The highest BCUT2D eigenvalue weighted by atomic mass is 32.1. The van der Waals surface area contributed by atoms with Crippen LogP contribution in [0.15, 0.2) is 54.6 Å². The molecule has 2 aromatic carbocycles. The SMILES string of the molecule is CCc1cccc(CC)c1NC(=O)COC(=O)c1ccc(-c2nc3ccccc3s2)s1. The van der Waals surface area contributed by atoms with Crippen LogP contribution in [0.1, 0.15) is 34.6 Å². The first kappa shape index (κ1) is 21.2. The molecule has 0 aliphatic heterocycles. The average molecular weight is 451 g/mol. The molecular formula is C24H22N2O3S2. The molecule has 31 heavy (non-hydrogen) atoms. The summed E-state index contributed by atoms with van der Waals surface area (Å²) in [6.07, 6.45) is 1.62. The van der Waals surface area contributed by atoms with Crippen LogP contribution in [0.5, 0.6) is 0 Å². The molecule has 0 radical (unpaired) electrons. The number of carbonyl (C=O) groups excluding carboxylic acids is 2. The molecule has 0 bridgehead atoms. The van der Waals surface area contributed by atoms with E-state index in [0.717, 1.165) is 49.8 Å². The van der Waals surface area contributed by atoms with Crippen molar-refractivity contribution in [2.45, 2.75) is 26.7 Å².